The summed E-state index contributed by atoms with van der Waals surface area (Å²) in [5.74, 6) is 1.02. The van der Waals surface area contributed by atoms with E-state index in [2.05, 4.69) is 43.3 Å². The molecular weight excluding hydrogens is 192 g/mol. The Kier molecular flexibility index (Phi) is 4.74. The molecule has 2 nitrogen and oxygen atoms in total. The van der Waals surface area contributed by atoms with Gasteiger partial charge >= 0.3 is 0 Å². The predicted octanol–water partition coefficient (Wildman–Crippen LogP) is 1.72. The van der Waals surface area contributed by atoms with E-state index in [1.807, 2.05) is 0 Å². The molecule has 0 aromatic rings. The topological polar surface area (TPSA) is 6.48 Å². The number of nitrogens with zero attached hydrogens (tertiary/aromatic N) is 2. The maximum atomic E-state index is 4.24. The molecule has 0 radical (unpaired) electrons. The third kappa shape index (κ3) is 3.44. The molecule has 1 fully saturated rings. The summed E-state index contributed by atoms with van der Waals surface area (Å²) < 4.78 is 0. The lowest BCUT2D eigenvalue weighted by Crippen LogP contribution is -2.57. The molecule has 0 saturated carbocycles. The van der Waals surface area contributed by atoms with Crippen LogP contribution in [0.4, 0.5) is 0 Å². The Hall–Kier alpha value is 0.270. The van der Waals surface area contributed by atoms with Crippen LogP contribution in [0.25, 0.3) is 0 Å². The first-order valence-electron chi connectivity index (χ1n) is 5.61. The van der Waals surface area contributed by atoms with Crippen molar-refractivity contribution in [1.82, 2.24) is 9.80 Å². The molecule has 1 aliphatic rings. The smallest absolute Gasteiger partial charge is 0.0277 e. The van der Waals surface area contributed by atoms with E-state index in [-0.39, 0.29) is 0 Å². The lowest BCUT2D eigenvalue weighted by molar-refractivity contribution is 0.0395. The molecule has 1 saturated heterocycles. The maximum Gasteiger partial charge on any atom is 0.0277 e. The average Bonchev–Trinajstić information content (AvgIpc) is 2.11. The summed E-state index contributed by atoms with van der Waals surface area (Å²) in [5.41, 5.74) is 0.346. The van der Waals surface area contributed by atoms with Crippen molar-refractivity contribution in [2.75, 3.05) is 39.0 Å². The molecule has 0 aliphatic carbocycles. The number of rotatable bonds is 4. The minimum Gasteiger partial charge on any atom is -0.300 e. The molecule has 0 spiro atoms. The van der Waals surface area contributed by atoms with Gasteiger partial charge in [-0.1, -0.05) is 0 Å². The summed E-state index contributed by atoms with van der Waals surface area (Å²) in [4.78, 5) is 5.05. The van der Waals surface area contributed by atoms with Crippen molar-refractivity contribution < 1.29 is 0 Å². The van der Waals surface area contributed by atoms with Crippen LogP contribution < -0.4 is 0 Å². The summed E-state index contributed by atoms with van der Waals surface area (Å²) in [6, 6.07) is 0. The molecule has 0 bridgehead atoms. The van der Waals surface area contributed by atoms with Crippen LogP contribution in [0.1, 0.15) is 26.7 Å². The van der Waals surface area contributed by atoms with Crippen LogP contribution in [-0.4, -0.2) is 54.3 Å². The van der Waals surface area contributed by atoms with Crippen LogP contribution in [0.15, 0.2) is 0 Å². The third-order valence-corrected chi connectivity index (χ3v) is 3.59. The molecule has 1 heterocycles. The molecular formula is C11H24N2S. The summed E-state index contributed by atoms with van der Waals surface area (Å²) in [5, 5.41) is 0. The van der Waals surface area contributed by atoms with Gasteiger partial charge in [0.2, 0.25) is 0 Å². The number of hydrogen-bond acceptors (Lipinski definition) is 3. The Morgan fingerprint density at radius 1 is 1.21 bits per heavy atom. The highest BCUT2D eigenvalue weighted by molar-refractivity contribution is 7.80. The van der Waals surface area contributed by atoms with Crippen molar-refractivity contribution in [3.63, 3.8) is 0 Å². The summed E-state index contributed by atoms with van der Waals surface area (Å²) in [6.45, 7) is 9.55. The van der Waals surface area contributed by atoms with Crippen LogP contribution in [0.3, 0.4) is 0 Å². The first-order chi connectivity index (χ1) is 6.56. The first kappa shape index (κ1) is 12.3. The Bertz CT molecular complexity index is 171. The fourth-order valence-corrected chi connectivity index (χ4v) is 2.20. The minimum atomic E-state index is 0.346. The highest BCUT2D eigenvalue weighted by Gasteiger charge is 2.30. The molecule has 0 aromatic carbocycles. The van der Waals surface area contributed by atoms with E-state index < -0.39 is 0 Å². The van der Waals surface area contributed by atoms with Gasteiger partial charge in [0.1, 0.15) is 0 Å². The van der Waals surface area contributed by atoms with Gasteiger partial charge in [0.15, 0.2) is 0 Å². The van der Waals surface area contributed by atoms with E-state index in [0.717, 1.165) is 5.75 Å². The SMILES string of the molecule is CN1CCN(CCCCS)CC1(C)C. The summed E-state index contributed by atoms with van der Waals surface area (Å²) in [6.07, 6.45) is 2.54. The number of hydrogen-bond donors (Lipinski definition) is 1. The molecule has 84 valence electrons. The standard InChI is InChI=1S/C11H24N2S/c1-11(2)10-13(6-4-5-9-14)8-7-12(11)3/h14H,4-10H2,1-3H3. The largest absolute Gasteiger partial charge is 0.300 e. The van der Waals surface area contributed by atoms with E-state index in [9.17, 15) is 0 Å². The van der Waals surface area contributed by atoms with Crippen molar-refractivity contribution in [3.05, 3.63) is 0 Å². The second kappa shape index (κ2) is 5.38. The first-order valence-corrected chi connectivity index (χ1v) is 6.24. The lowest BCUT2D eigenvalue weighted by atomic mass is 9.99. The summed E-state index contributed by atoms with van der Waals surface area (Å²) in [7, 11) is 2.23. The van der Waals surface area contributed by atoms with Crippen molar-refractivity contribution in [2.45, 2.75) is 32.2 Å². The Labute approximate surface area is 94.1 Å². The number of likely N-dealkylation sites (N-methyl/N-ethyl adjacent to an activating group) is 1. The minimum absolute atomic E-state index is 0.346. The molecule has 1 aliphatic heterocycles. The van der Waals surface area contributed by atoms with Crippen molar-refractivity contribution in [1.29, 1.82) is 0 Å². The molecule has 3 heteroatoms. The van der Waals surface area contributed by atoms with Crippen LogP contribution in [0, 0.1) is 0 Å². The second-order valence-electron chi connectivity index (χ2n) is 4.94. The van der Waals surface area contributed by atoms with E-state index in [0.29, 0.717) is 5.54 Å². The van der Waals surface area contributed by atoms with Crippen molar-refractivity contribution in [2.24, 2.45) is 0 Å². The number of piperazine rings is 1. The highest BCUT2D eigenvalue weighted by Crippen LogP contribution is 2.18. The molecule has 1 rings (SSSR count). The van der Waals surface area contributed by atoms with Gasteiger partial charge in [0.25, 0.3) is 0 Å². The van der Waals surface area contributed by atoms with Crippen LogP contribution >= 0.6 is 12.6 Å². The van der Waals surface area contributed by atoms with E-state index in [1.165, 1.54) is 39.0 Å². The van der Waals surface area contributed by atoms with E-state index in [4.69, 9.17) is 0 Å². The maximum absolute atomic E-state index is 4.24. The molecule has 0 unspecified atom stereocenters. The van der Waals surface area contributed by atoms with E-state index in [1.54, 1.807) is 0 Å². The van der Waals surface area contributed by atoms with Gasteiger partial charge in [0.05, 0.1) is 0 Å². The molecule has 0 aromatic heterocycles. The third-order valence-electron chi connectivity index (χ3n) is 3.28. The highest BCUT2D eigenvalue weighted by atomic mass is 32.1. The number of unbranched alkanes of at least 4 members (excludes halogenated alkanes) is 1. The fourth-order valence-electron chi connectivity index (χ4n) is 1.98. The van der Waals surface area contributed by atoms with Gasteiger partial charge in [0, 0.05) is 25.2 Å². The van der Waals surface area contributed by atoms with Gasteiger partial charge in [-0.2, -0.15) is 12.6 Å². The van der Waals surface area contributed by atoms with Gasteiger partial charge < -0.3 is 4.90 Å². The van der Waals surface area contributed by atoms with E-state index >= 15 is 0 Å². The summed E-state index contributed by atoms with van der Waals surface area (Å²) >= 11 is 4.24. The molecule has 14 heavy (non-hydrogen) atoms. The van der Waals surface area contributed by atoms with Gasteiger partial charge in [-0.25, -0.2) is 0 Å². The zero-order valence-electron chi connectivity index (χ0n) is 9.79. The second-order valence-corrected chi connectivity index (χ2v) is 5.39. The van der Waals surface area contributed by atoms with Crippen molar-refractivity contribution in [3.8, 4) is 0 Å². The zero-order valence-corrected chi connectivity index (χ0v) is 10.7. The van der Waals surface area contributed by atoms with Crippen LogP contribution in [0.5, 0.6) is 0 Å². The average molecular weight is 216 g/mol. The zero-order chi connectivity index (χ0) is 10.6. The monoisotopic (exact) mass is 216 g/mol. The quantitative estimate of drug-likeness (QED) is 0.565. The fraction of sp³-hybridized carbons (Fsp3) is 1.00. The lowest BCUT2D eigenvalue weighted by Gasteiger charge is -2.45. The predicted molar refractivity (Wildman–Crippen MR) is 66.2 cm³/mol. The Balaban J connectivity index is 2.29. The molecule has 0 N–H and O–H groups in total. The number of thiol groups is 1. The van der Waals surface area contributed by atoms with Gasteiger partial charge in [-0.15, -0.1) is 0 Å². The Morgan fingerprint density at radius 3 is 2.50 bits per heavy atom. The van der Waals surface area contributed by atoms with Crippen LogP contribution in [0.2, 0.25) is 0 Å². The van der Waals surface area contributed by atoms with Gasteiger partial charge in [-0.3, -0.25) is 4.90 Å². The van der Waals surface area contributed by atoms with Crippen LogP contribution in [-0.2, 0) is 0 Å². The van der Waals surface area contributed by atoms with Gasteiger partial charge in [-0.05, 0) is 46.0 Å². The Morgan fingerprint density at radius 2 is 1.93 bits per heavy atom. The molecule has 0 amide bonds. The molecule has 0 atom stereocenters. The normalized spacial score (nSPS) is 24.0. The van der Waals surface area contributed by atoms with Crippen molar-refractivity contribution >= 4 is 12.6 Å².